The fourth-order valence-electron chi connectivity index (χ4n) is 9.91. The van der Waals surface area contributed by atoms with Crippen LogP contribution in [-0.2, 0) is 5.41 Å². The Morgan fingerprint density at radius 2 is 0.590 bits per heavy atom. The van der Waals surface area contributed by atoms with E-state index in [9.17, 15) is 0 Å². The molecule has 0 unspecified atom stereocenters. The van der Waals surface area contributed by atoms with Crippen LogP contribution in [0.2, 0.25) is 0 Å². The summed E-state index contributed by atoms with van der Waals surface area (Å²) in [6.07, 6.45) is 0. The van der Waals surface area contributed by atoms with Crippen molar-refractivity contribution in [3.05, 3.63) is 253 Å². The predicted octanol–water partition coefficient (Wildman–Crippen LogP) is 14.8. The van der Waals surface area contributed by atoms with Gasteiger partial charge >= 0.3 is 0 Å². The molecule has 0 radical (unpaired) electrons. The molecule has 2 aliphatic rings. The summed E-state index contributed by atoms with van der Waals surface area (Å²) in [6, 6.07) is 83.4. The van der Waals surface area contributed by atoms with Crippen LogP contribution in [0.3, 0.4) is 0 Å². The fraction of sp³-hybridized carbons (Fsp3) is 0.0169. The van der Waals surface area contributed by atoms with Crippen LogP contribution in [-0.4, -0.2) is 9.97 Å². The first-order chi connectivity index (χ1) is 30.2. The Balaban J connectivity index is 0.907. The molecule has 1 spiro atoms. The molecule has 0 N–H and O–H groups in total. The van der Waals surface area contributed by atoms with E-state index in [-0.39, 0.29) is 5.41 Å². The summed E-state index contributed by atoms with van der Waals surface area (Å²) in [5, 5.41) is 0. The molecular formula is C59H38N2. The minimum atomic E-state index is -0.366. The molecule has 0 atom stereocenters. The number of nitrogens with zero attached hydrogens (tertiary/aromatic N) is 2. The second kappa shape index (κ2) is 14.1. The second-order valence-corrected chi connectivity index (χ2v) is 16.1. The Morgan fingerprint density at radius 3 is 1.13 bits per heavy atom. The highest BCUT2D eigenvalue weighted by atomic mass is 14.9. The van der Waals surface area contributed by atoms with Crippen LogP contribution in [0.4, 0.5) is 0 Å². The van der Waals surface area contributed by atoms with Crippen LogP contribution in [0.15, 0.2) is 231 Å². The van der Waals surface area contributed by atoms with Crippen LogP contribution >= 0.6 is 0 Å². The zero-order chi connectivity index (χ0) is 40.3. The lowest BCUT2D eigenvalue weighted by Gasteiger charge is -2.30. The van der Waals surface area contributed by atoms with Crippen LogP contribution < -0.4 is 0 Å². The minimum absolute atomic E-state index is 0.366. The molecule has 0 amide bonds. The second-order valence-electron chi connectivity index (χ2n) is 16.1. The Morgan fingerprint density at radius 1 is 0.230 bits per heavy atom. The van der Waals surface area contributed by atoms with Crippen molar-refractivity contribution in [2.75, 3.05) is 0 Å². The number of benzene rings is 9. The third-order valence-corrected chi connectivity index (χ3v) is 12.8. The monoisotopic (exact) mass is 774 g/mol. The molecule has 10 aromatic rings. The van der Waals surface area contributed by atoms with E-state index in [2.05, 4.69) is 206 Å². The first kappa shape index (κ1) is 35.0. The summed E-state index contributed by atoms with van der Waals surface area (Å²) in [7, 11) is 0. The highest BCUT2D eigenvalue weighted by Gasteiger charge is 2.51. The molecule has 0 saturated heterocycles. The van der Waals surface area contributed by atoms with Crippen molar-refractivity contribution in [3.8, 4) is 89.5 Å². The predicted molar refractivity (Wildman–Crippen MR) is 251 cm³/mol. The van der Waals surface area contributed by atoms with Gasteiger partial charge in [0.1, 0.15) is 0 Å². The lowest BCUT2D eigenvalue weighted by molar-refractivity contribution is 0.794. The molecule has 1 heterocycles. The highest BCUT2D eigenvalue weighted by molar-refractivity contribution is 5.96. The zero-order valence-corrected chi connectivity index (χ0v) is 33.3. The molecule has 61 heavy (non-hydrogen) atoms. The maximum Gasteiger partial charge on any atom is 0.160 e. The van der Waals surface area contributed by atoms with Crippen molar-refractivity contribution in [1.29, 1.82) is 0 Å². The SMILES string of the molecule is c1ccc(-c2ccc(-c3cc(-c4ccc(-c5cccc(-c6ccc7c(c6)C6(c8ccccc8-c8ccccc86)c6ccccc6-7)c5)cc4)nc(-c4ccccc4)n3)cc2)cc1. The zero-order valence-electron chi connectivity index (χ0n) is 33.3. The largest absolute Gasteiger partial charge is 0.228 e. The summed E-state index contributed by atoms with van der Waals surface area (Å²) < 4.78 is 0. The van der Waals surface area contributed by atoms with E-state index in [0.29, 0.717) is 5.82 Å². The minimum Gasteiger partial charge on any atom is -0.228 e. The van der Waals surface area contributed by atoms with Crippen molar-refractivity contribution in [1.82, 2.24) is 9.97 Å². The summed E-state index contributed by atoms with van der Waals surface area (Å²) >= 11 is 0. The van der Waals surface area contributed by atoms with E-state index in [4.69, 9.17) is 9.97 Å². The molecule has 2 nitrogen and oxygen atoms in total. The van der Waals surface area contributed by atoms with Gasteiger partial charge in [-0.2, -0.15) is 0 Å². The Hall–Kier alpha value is -7.94. The number of hydrogen-bond acceptors (Lipinski definition) is 2. The standard InChI is InChI=1S/C59H38N2/c1-3-14-39(15-4-1)40-26-30-42(31-27-40)56-38-57(61-58(60-56)44-16-5-2-6-17-44)43-32-28-41(29-33-43)45-18-13-19-46(36-45)47-34-35-51-50-22-9-12-25-54(50)59(55(51)37-47)52-23-10-7-20-48(52)49-21-8-11-24-53(49)59/h1-38H. The first-order valence-electron chi connectivity index (χ1n) is 21.0. The highest BCUT2D eigenvalue weighted by Crippen LogP contribution is 2.63. The molecule has 0 saturated carbocycles. The summed E-state index contributed by atoms with van der Waals surface area (Å²) in [5.41, 5.74) is 22.3. The average molecular weight is 775 g/mol. The molecular weight excluding hydrogens is 737 g/mol. The van der Waals surface area contributed by atoms with Gasteiger partial charge < -0.3 is 0 Å². The maximum absolute atomic E-state index is 5.11. The van der Waals surface area contributed by atoms with Crippen molar-refractivity contribution in [2.45, 2.75) is 5.41 Å². The van der Waals surface area contributed by atoms with Gasteiger partial charge in [0.2, 0.25) is 0 Å². The van der Waals surface area contributed by atoms with Crippen molar-refractivity contribution < 1.29 is 0 Å². The average Bonchev–Trinajstić information content (AvgIpc) is 3.82. The van der Waals surface area contributed by atoms with E-state index >= 15 is 0 Å². The van der Waals surface area contributed by atoms with Gasteiger partial charge in [-0.15, -0.1) is 0 Å². The van der Waals surface area contributed by atoms with E-state index in [0.717, 1.165) is 33.6 Å². The van der Waals surface area contributed by atoms with Crippen LogP contribution in [0.5, 0.6) is 0 Å². The number of rotatable bonds is 6. The Kier molecular flexibility index (Phi) is 8.11. The quantitative estimate of drug-likeness (QED) is 0.168. The van der Waals surface area contributed by atoms with E-state index in [1.807, 2.05) is 24.3 Å². The third kappa shape index (κ3) is 5.64. The molecule has 1 aromatic heterocycles. The number of hydrogen-bond donors (Lipinski definition) is 0. The summed E-state index contributed by atoms with van der Waals surface area (Å²) in [5.74, 6) is 0.709. The van der Waals surface area contributed by atoms with Crippen LogP contribution in [0, 0.1) is 0 Å². The number of fused-ring (bicyclic) bond motifs is 10. The molecule has 12 rings (SSSR count). The summed E-state index contributed by atoms with van der Waals surface area (Å²) in [4.78, 5) is 10.2. The molecule has 0 bridgehead atoms. The maximum atomic E-state index is 5.11. The summed E-state index contributed by atoms with van der Waals surface area (Å²) in [6.45, 7) is 0. The molecule has 0 fully saturated rings. The van der Waals surface area contributed by atoms with Crippen LogP contribution in [0.1, 0.15) is 22.3 Å². The fourth-order valence-corrected chi connectivity index (χ4v) is 9.91. The number of aromatic nitrogens is 2. The smallest absolute Gasteiger partial charge is 0.160 e. The van der Waals surface area contributed by atoms with Gasteiger partial charge in [0.05, 0.1) is 16.8 Å². The van der Waals surface area contributed by atoms with Crippen LogP contribution in [0.25, 0.3) is 89.5 Å². The normalized spacial score (nSPS) is 12.7. The van der Waals surface area contributed by atoms with Crippen molar-refractivity contribution >= 4 is 0 Å². The van der Waals surface area contributed by atoms with Crippen molar-refractivity contribution in [3.63, 3.8) is 0 Å². The van der Waals surface area contributed by atoms with E-state index in [1.165, 1.54) is 72.3 Å². The molecule has 0 aliphatic heterocycles. The molecule has 284 valence electrons. The lowest BCUT2D eigenvalue weighted by Crippen LogP contribution is -2.25. The molecule has 2 aliphatic carbocycles. The van der Waals surface area contributed by atoms with Gasteiger partial charge in [0.15, 0.2) is 5.82 Å². The lowest BCUT2D eigenvalue weighted by atomic mass is 9.70. The van der Waals surface area contributed by atoms with Gasteiger partial charge in [0, 0.05) is 16.7 Å². The topological polar surface area (TPSA) is 25.8 Å². The van der Waals surface area contributed by atoms with E-state index < -0.39 is 0 Å². The van der Waals surface area contributed by atoms with Crippen molar-refractivity contribution in [2.24, 2.45) is 0 Å². The van der Waals surface area contributed by atoms with Gasteiger partial charge in [-0.3, -0.25) is 0 Å². The molecule has 9 aromatic carbocycles. The van der Waals surface area contributed by atoms with Gasteiger partial charge in [-0.1, -0.05) is 212 Å². The van der Waals surface area contributed by atoms with Gasteiger partial charge in [-0.05, 0) is 96.1 Å². The Labute approximate surface area is 356 Å². The third-order valence-electron chi connectivity index (χ3n) is 12.8. The van der Waals surface area contributed by atoms with Gasteiger partial charge in [-0.25, -0.2) is 9.97 Å². The Bertz CT molecular complexity index is 3210. The molecule has 2 heteroatoms. The van der Waals surface area contributed by atoms with Gasteiger partial charge in [0.25, 0.3) is 0 Å². The first-order valence-corrected chi connectivity index (χ1v) is 21.0. The van der Waals surface area contributed by atoms with E-state index in [1.54, 1.807) is 0 Å².